The van der Waals surface area contributed by atoms with Crippen LogP contribution in [-0.4, -0.2) is 6.04 Å². The van der Waals surface area contributed by atoms with E-state index in [9.17, 15) is 0 Å². The van der Waals surface area contributed by atoms with Gasteiger partial charge in [-0.1, -0.05) is 22.9 Å². The van der Waals surface area contributed by atoms with Crippen molar-refractivity contribution >= 4 is 21.6 Å². The molecule has 1 nitrogen and oxygen atoms in total. The summed E-state index contributed by atoms with van der Waals surface area (Å²) in [6, 6.07) is 7.12. The maximum Gasteiger partial charge on any atom is 0.0372 e. The maximum absolute atomic E-state index is 3.65. The molecule has 1 fully saturated rings. The third-order valence-electron chi connectivity index (χ3n) is 3.24. The molecule has 1 aromatic carbocycles. The monoisotopic (exact) mass is 267 g/mol. The van der Waals surface area contributed by atoms with Gasteiger partial charge in [0.05, 0.1) is 0 Å². The number of benzene rings is 1. The molecule has 0 aromatic heterocycles. The molecule has 0 radical (unpaired) electrons. The van der Waals surface area contributed by atoms with Gasteiger partial charge in [-0.25, -0.2) is 0 Å². The minimum Gasteiger partial charge on any atom is -0.382 e. The fraction of sp³-hybridized carbons (Fsp3) is 0.538. The van der Waals surface area contributed by atoms with Crippen molar-refractivity contribution in [2.75, 3.05) is 5.32 Å². The second-order valence-electron chi connectivity index (χ2n) is 4.72. The van der Waals surface area contributed by atoms with E-state index in [1.54, 1.807) is 0 Å². The number of hydrogen-bond donors (Lipinski definition) is 1. The van der Waals surface area contributed by atoms with Gasteiger partial charge in [-0.3, -0.25) is 0 Å². The molecular weight excluding hydrogens is 250 g/mol. The highest BCUT2D eigenvalue weighted by Crippen LogP contribution is 2.29. The molecule has 1 aliphatic rings. The minimum absolute atomic E-state index is 0.680. The van der Waals surface area contributed by atoms with Crippen molar-refractivity contribution in [3.63, 3.8) is 0 Å². The van der Waals surface area contributed by atoms with E-state index in [1.165, 1.54) is 30.5 Å². The van der Waals surface area contributed by atoms with Crippen molar-refractivity contribution in [1.29, 1.82) is 0 Å². The molecule has 0 heterocycles. The molecule has 2 rings (SSSR count). The van der Waals surface area contributed by atoms with Gasteiger partial charge in [-0.2, -0.15) is 0 Å². The van der Waals surface area contributed by atoms with Crippen LogP contribution in [0.15, 0.2) is 22.7 Å². The lowest BCUT2D eigenvalue weighted by Gasteiger charge is -2.16. The van der Waals surface area contributed by atoms with Crippen molar-refractivity contribution in [3.05, 3.63) is 28.2 Å². The lowest BCUT2D eigenvalue weighted by molar-refractivity contribution is 0.602. The Labute approximate surface area is 100 Å². The van der Waals surface area contributed by atoms with Crippen LogP contribution >= 0.6 is 15.9 Å². The van der Waals surface area contributed by atoms with Crippen molar-refractivity contribution < 1.29 is 0 Å². The fourth-order valence-corrected chi connectivity index (χ4v) is 2.82. The third kappa shape index (κ3) is 2.75. The molecule has 2 heteroatoms. The average molecular weight is 268 g/mol. The maximum atomic E-state index is 3.65. The molecule has 2 unspecified atom stereocenters. The van der Waals surface area contributed by atoms with Gasteiger partial charge in [-0.15, -0.1) is 0 Å². The quantitative estimate of drug-likeness (QED) is 0.840. The first kappa shape index (κ1) is 11.0. The van der Waals surface area contributed by atoms with Crippen LogP contribution < -0.4 is 5.32 Å². The van der Waals surface area contributed by atoms with Gasteiger partial charge < -0.3 is 5.32 Å². The van der Waals surface area contributed by atoms with Crippen LogP contribution in [0.1, 0.15) is 31.7 Å². The standard InChI is InChI=1S/C13H18BrN/c1-9-3-5-12(7-9)15-13-6-4-11(14)8-10(13)2/h4,6,8-9,12,15H,3,5,7H2,1-2H3. The number of aryl methyl sites for hydroxylation is 1. The summed E-state index contributed by atoms with van der Waals surface area (Å²) in [7, 11) is 0. The SMILES string of the molecule is Cc1cc(Br)ccc1NC1CCC(C)C1. The molecule has 0 saturated heterocycles. The first-order valence-electron chi connectivity index (χ1n) is 5.68. The second kappa shape index (κ2) is 4.56. The molecular formula is C13H18BrN. The molecule has 0 bridgehead atoms. The molecule has 1 N–H and O–H groups in total. The van der Waals surface area contributed by atoms with Gasteiger partial charge in [0.1, 0.15) is 0 Å². The van der Waals surface area contributed by atoms with E-state index in [0.29, 0.717) is 6.04 Å². The zero-order valence-corrected chi connectivity index (χ0v) is 11.0. The highest BCUT2D eigenvalue weighted by Gasteiger charge is 2.21. The van der Waals surface area contributed by atoms with E-state index in [4.69, 9.17) is 0 Å². The summed E-state index contributed by atoms with van der Waals surface area (Å²) < 4.78 is 1.16. The van der Waals surface area contributed by atoms with E-state index in [-0.39, 0.29) is 0 Å². The Morgan fingerprint density at radius 3 is 2.73 bits per heavy atom. The van der Waals surface area contributed by atoms with E-state index in [1.807, 2.05) is 0 Å². The van der Waals surface area contributed by atoms with Crippen LogP contribution in [0.3, 0.4) is 0 Å². The second-order valence-corrected chi connectivity index (χ2v) is 5.63. The van der Waals surface area contributed by atoms with Gasteiger partial charge in [0.25, 0.3) is 0 Å². The summed E-state index contributed by atoms with van der Waals surface area (Å²) >= 11 is 3.49. The number of halogens is 1. The summed E-state index contributed by atoms with van der Waals surface area (Å²) in [5, 5.41) is 3.65. The molecule has 2 atom stereocenters. The van der Waals surface area contributed by atoms with Gasteiger partial charge in [0, 0.05) is 16.2 Å². The number of rotatable bonds is 2. The van der Waals surface area contributed by atoms with Crippen molar-refractivity contribution in [3.8, 4) is 0 Å². The normalized spacial score (nSPS) is 25.5. The Bertz CT molecular complexity index is 348. The fourth-order valence-electron chi connectivity index (χ4n) is 2.35. The predicted molar refractivity (Wildman–Crippen MR) is 69.3 cm³/mol. The number of hydrogen-bond acceptors (Lipinski definition) is 1. The van der Waals surface area contributed by atoms with Crippen molar-refractivity contribution in [2.45, 2.75) is 39.2 Å². The van der Waals surface area contributed by atoms with E-state index in [0.717, 1.165) is 10.4 Å². The molecule has 82 valence electrons. The Morgan fingerprint density at radius 2 is 2.13 bits per heavy atom. The minimum atomic E-state index is 0.680. The van der Waals surface area contributed by atoms with Crippen LogP contribution in [-0.2, 0) is 0 Å². The summed E-state index contributed by atoms with van der Waals surface area (Å²) in [6.45, 7) is 4.50. The smallest absolute Gasteiger partial charge is 0.0372 e. The van der Waals surface area contributed by atoms with Gasteiger partial charge in [-0.05, 0) is 55.9 Å². The molecule has 1 aromatic rings. The van der Waals surface area contributed by atoms with Crippen LogP contribution in [0.25, 0.3) is 0 Å². The summed E-state index contributed by atoms with van der Waals surface area (Å²) in [5.41, 5.74) is 2.61. The first-order valence-corrected chi connectivity index (χ1v) is 6.47. The lowest BCUT2D eigenvalue weighted by atomic mass is 10.1. The van der Waals surface area contributed by atoms with Crippen LogP contribution in [0.2, 0.25) is 0 Å². The zero-order valence-electron chi connectivity index (χ0n) is 9.39. The van der Waals surface area contributed by atoms with Crippen LogP contribution in [0, 0.1) is 12.8 Å². The Hall–Kier alpha value is -0.500. The van der Waals surface area contributed by atoms with Gasteiger partial charge >= 0.3 is 0 Å². The molecule has 15 heavy (non-hydrogen) atoms. The molecule has 1 saturated carbocycles. The van der Waals surface area contributed by atoms with Gasteiger partial charge in [0.2, 0.25) is 0 Å². The molecule has 0 aliphatic heterocycles. The zero-order chi connectivity index (χ0) is 10.8. The summed E-state index contributed by atoms with van der Waals surface area (Å²) in [4.78, 5) is 0. The third-order valence-corrected chi connectivity index (χ3v) is 3.74. The van der Waals surface area contributed by atoms with E-state index < -0.39 is 0 Å². The van der Waals surface area contributed by atoms with E-state index in [2.05, 4.69) is 53.3 Å². The van der Waals surface area contributed by atoms with Crippen LogP contribution in [0.4, 0.5) is 5.69 Å². The average Bonchev–Trinajstić information content (AvgIpc) is 2.56. The van der Waals surface area contributed by atoms with Crippen molar-refractivity contribution in [1.82, 2.24) is 0 Å². The molecule has 0 amide bonds. The number of nitrogens with one attached hydrogen (secondary N) is 1. The lowest BCUT2D eigenvalue weighted by Crippen LogP contribution is -2.15. The molecule has 1 aliphatic carbocycles. The Morgan fingerprint density at radius 1 is 1.33 bits per heavy atom. The predicted octanol–water partition coefficient (Wildman–Crippen LogP) is 4.36. The summed E-state index contributed by atoms with van der Waals surface area (Å²) in [6.07, 6.45) is 4.00. The summed E-state index contributed by atoms with van der Waals surface area (Å²) in [5.74, 6) is 0.887. The highest BCUT2D eigenvalue weighted by atomic mass is 79.9. The highest BCUT2D eigenvalue weighted by molar-refractivity contribution is 9.10. The molecule has 0 spiro atoms. The largest absolute Gasteiger partial charge is 0.382 e. The van der Waals surface area contributed by atoms with Crippen LogP contribution in [0.5, 0.6) is 0 Å². The Kier molecular flexibility index (Phi) is 3.35. The first-order chi connectivity index (χ1) is 7.15. The van der Waals surface area contributed by atoms with E-state index >= 15 is 0 Å². The Balaban J connectivity index is 2.04. The van der Waals surface area contributed by atoms with Crippen molar-refractivity contribution in [2.24, 2.45) is 5.92 Å². The topological polar surface area (TPSA) is 12.0 Å². The number of anilines is 1. The van der Waals surface area contributed by atoms with Gasteiger partial charge in [0.15, 0.2) is 0 Å².